The first-order valence-corrected chi connectivity index (χ1v) is 6.80. The van der Waals surface area contributed by atoms with E-state index >= 15 is 0 Å². The Kier molecular flexibility index (Phi) is 34.6. The Balaban J connectivity index is -0.0000000566. The number of carbonyl (C=O) groups is 2. The van der Waals surface area contributed by atoms with E-state index in [0.29, 0.717) is 0 Å². The molecule has 0 aromatic carbocycles. The van der Waals surface area contributed by atoms with Gasteiger partial charge >= 0.3 is 101 Å². The van der Waals surface area contributed by atoms with Crippen molar-refractivity contribution in [1.82, 2.24) is 9.80 Å². The fourth-order valence-electron chi connectivity index (χ4n) is 0.576. The molecule has 26 heavy (non-hydrogen) atoms. The van der Waals surface area contributed by atoms with Gasteiger partial charge in [-0.1, -0.05) is 0 Å². The summed E-state index contributed by atoms with van der Waals surface area (Å²) in [5, 5.41) is 29.7. The summed E-state index contributed by atoms with van der Waals surface area (Å²) in [4.78, 5) is 47.7. The Bertz CT molecular complexity index is 439. The zero-order chi connectivity index (χ0) is 19.4. The molecule has 0 rings (SSSR count). The predicted octanol–water partition coefficient (Wildman–Crippen LogP) is -14.0. The topological polar surface area (TPSA) is 267 Å². The van der Waals surface area contributed by atoms with Crippen LogP contribution in [0.2, 0.25) is 0 Å². The molecule has 0 aliphatic rings. The summed E-state index contributed by atoms with van der Waals surface area (Å²) in [6.45, 7) is -0.454. The van der Waals surface area contributed by atoms with Crippen LogP contribution in [0.5, 0.6) is 0 Å². The molecule has 18 heteroatoms. The summed E-state index contributed by atoms with van der Waals surface area (Å²) in [5.41, 5.74) is 9.86. The first-order chi connectivity index (χ1) is 10.1. The molecule has 8 N–H and O–H groups in total. The monoisotopic (exact) mass is 426 g/mol. The molecule has 0 heterocycles. The molecule has 0 aliphatic heterocycles. The number of likely N-dealkylation sites (N-methyl/N-ethyl adjacent to an activating group) is 2. The number of carboxylic acids is 2. The molecule has 0 fully saturated rings. The first kappa shape index (κ1) is 41.1. The zero-order valence-corrected chi connectivity index (χ0v) is 22.1. The molecule has 14 nitrogen and oxygen atoms in total. The van der Waals surface area contributed by atoms with E-state index in [1.54, 1.807) is 0 Å². The van der Waals surface area contributed by atoms with Crippen molar-refractivity contribution in [3.8, 4) is 0 Å². The number of rotatable bonds is 4. The Morgan fingerprint density at radius 2 is 1.04 bits per heavy atom. The Labute approximate surface area is 216 Å². The van der Waals surface area contributed by atoms with Crippen molar-refractivity contribution < 1.29 is 128 Å². The minimum atomic E-state index is -5.39. The van der Waals surface area contributed by atoms with Crippen LogP contribution in [-0.4, -0.2) is 71.1 Å². The maximum Gasteiger partial charge on any atom is 1.00 e. The Morgan fingerprint density at radius 3 is 1.08 bits per heavy atom. The molecule has 0 aromatic rings. The smallest absolute Gasteiger partial charge is 0.822 e. The molecule has 0 amide bonds. The second-order valence-electron chi connectivity index (χ2n) is 3.72. The van der Waals surface area contributed by atoms with Gasteiger partial charge in [0.2, 0.25) is 0 Å². The summed E-state index contributed by atoms with van der Waals surface area (Å²) in [7, 11) is -2.51. The van der Waals surface area contributed by atoms with Gasteiger partial charge in [-0.2, -0.15) is 7.82 Å². The van der Waals surface area contributed by atoms with E-state index in [0.717, 1.165) is 9.80 Å². The van der Waals surface area contributed by atoms with Crippen molar-refractivity contribution in [3.05, 3.63) is 0 Å². The van der Waals surface area contributed by atoms with Gasteiger partial charge in [0.25, 0.3) is 0 Å². The minimum absolute atomic E-state index is 0. The number of nitrogens with zero attached hydrogens (tertiary/aromatic N) is 2. The molecule has 0 unspecified atom stereocenters. The maximum absolute atomic E-state index is 9.92. The molecule has 136 valence electrons. The van der Waals surface area contributed by atoms with Crippen LogP contribution in [0, 0.1) is 10.8 Å². The third-order valence-corrected chi connectivity index (χ3v) is 1.57. The van der Waals surface area contributed by atoms with Gasteiger partial charge in [0, 0.05) is 14.1 Å². The number of nitrogens with one attached hydrogen (secondary N) is 2. The van der Waals surface area contributed by atoms with Gasteiger partial charge in [-0.3, -0.25) is 20.4 Å². The summed E-state index contributed by atoms with van der Waals surface area (Å²) >= 11 is 0. The fourth-order valence-corrected chi connectivity index (χ4v) is 0.576. The Morgan fingerprint density at radius 1 is 0.885 bits per heavy atom. The van der Waals surface area contributed by atoms with E-state index in [1.807, 2.05) is 0 Å². The van der Waals surface area contributed by atoms with Crippen LogP contribution in [0.3, 0.4) is 0 Å². The summed E-state index contributed by atoms with van der Waals surface area (Å²) in [5.74, 6) is -2.46. The molecular weight excluding hydrogens is 408 g/mol. The fraction of sp³-hybridized carbons (Fsp3) is 0.500. The van der Waals surface area contributed by atoms with Gasteiger partial charge in [-0.25, -0.2) is 0 Å². The van der Waals surface area contributed by atoms with E-state index in [1.165, 1.54) is 14.1 Å². The zero-order valence-electron chi connectivity index (χ0n) is 15.3. The van der Waals surface area contributed by atoms with Crippen molar-refractivity contribution in [2.24, 2.45) is 11.5 Å². The quantitative estimate of drug-likeness (QED) is 0.106. The number of hydrogen-bond acceptors (Lipinski definition) is 8. The molecule has 0 atom stereocenters. The van der Waals surface area contributed by atoms with Gasteiger partial charge in [-0.05, 0) is 0 Å². The van der Waals surface area contributed by atoms with E-state index < -0.39 is 19.8 Å². The molecule has 0 aliphatic carbocycles. The van der Waals surface area contributed by atoms with Crippen molar-refractivity contribution in [2.75, 3.05) is 27.2 Å². The van der Waals surface area contributed by atoms with Gasteiger partial charge in [0.05, 0.1) is 0 Å². The molecule has 0 saturated heterocycles. The van der Waals surface area contributed by atoms with Crippen LogP contribution in [0.15, 0.2) is 0 Å². The van der Waals surface area contributed by atoms with Crippen LogP contribution in [0.1, 0.15) is 0 Å². The van der Waals surface area contributed by atoms with Crippen LogP contribution in [0.25, 0.3) is 0 Å². The van der Waals surface area contributed by atoms with Crippen molar-refractivity contribution in [3.63, 3.8) is 0 Å². The summed E-state index contributed by atoms with van der Waals surface area (Å²) < 4.78 is 8.55. The van der Waals surface area contributed by atoms with Crippen LogP contribution >= 0.6 is 7.82 Å². The number of carboxylic acid groups (broad SMARTS) is 2. The SMILES string of the molecule is CN(CC(=O)O)C(=N)N.CN(CC(=O)O)C(=N)N.O=P([O-])([O-])[O-].[Na+].[Na+].[Na+]. The predicted molar refractivity (Wildman–Crippen MR) is 72.0 cm³/mol. The van der Waals surface area contributed by atoms with E-state index in [4.69, 9.17) is 51.7 Å². The number of hydrogen-bond donors (Lipinski definition) is 6. The molecular formula is C8H18N6Na3O8P. The van der Waals surface area contributed by atoms with E-state index in [9.17, 15) is 9.59 Å². The Hall–Kier alpha value is 0.590. The second kappa shape index (κ2) is 21.9. The molecule has 0 bridgehead atoms. The van der Waals surface area contributed by atoms with Gasteiger partial charge in [-0.15, -0.1) is 0 Å². The maximum atomic E-state index is 9.92. The standard InChI is InChI=1S/2C4H9N3O2.3Na.H3O4P/c2*1-7(4(5)6)2-3(8)9;;;;1-5(2,3)4/h2*2H2,1H3,(H3,5,6)(H,8,9);;;;(H3,1,2,3,4)/q;;3*+1;/p-3. The molecule has 0 radical (unpaired) electrons. The van der Waals surface area contributed by atoms with Crippen LogP contribution in [-0.2, 0) is 14.2 Å². The number of guanidine groups is 2. The average molecular weight is 426 g/mol. The van der Waals surface area contributed by atoms with Crippen LogP contribution in [0.4, 0.5) is 0 Å². The normalized spacial score (nSPS) is 8.19. The third kappa shape index (κ3) is 49.7. The van der Waals surface area contributed by atoms with Gasteiger partial charge in [0.15, 0.2) is 11.9 Å². The van der Waals surface area contributed by atoms with Crippen molar-refractivity contribution >= 4 is 31.7 Å². The summed E-state index contributed by atoms with van der Waals surface area (Å²) in [6.07, 6.45) is 0. The van der Waals surface area contributed by atoms with Crippen molar-refractivity contribution in [1.29, 1.82) is 10.8 Å². The first-order valence-electron chi connectivity index (χ1n) is 5.34. The average Bonchev–Trinajstić information content (AvgIpc) is 2.25. The number of nitrogens with two attached hydrogens (primary N) is 2. The number of phosphoric acid groups is 1. The number of aliphatic carboxylic acids is 2. The molecule has 0 saturated carbocycles. The second-order valence-corrected chi connectivity index (χ2v) is 4.61. The largest absolute Gasteiger partial charge is 1.00 e. The molecule has 0 spiro atoms. The van der Waals surface area contributed by atoms with E-state index in [2.05, 4.69) is 0 Å². The third-order valence-electron chi connectivity index (χ3n) is 1.57. The van der Waals surface area contributed by atoms with E-state index in [-0.39, 0.29) is 114 Å². The minimum Gasteiger partial charge on any atom is -0.822 e. The van der Waals surface area contributed by atoms with Gasteiger partial charge < -0.3 is 50.7 Å². The molecule has 0 aromatic heterocycles. The van der Waals surface area contributed by atoms with Crippen molar-refractivity contribution in [2.45, 2.75) is 0 Å². The summed E-state index contributed by atoms with van der Waals surface area (Å²) in [6, 6.07) is 0. The van der Waals surface area contributed by atoms with Crippen LogP contribution < -0.4 is 115 Å². The van der Waals surface area contributed by atoms with Gasteiger partial charge in [0.1, 0.15) is 13.1 Å².